The molecular formula is C11H17N3O. The second kappa shape index (κ2) is 6.11. The molecule has 1 rings (SSSR count). The molecule has 0 unspecified atom stereocenters. The first kappa shape index (κ1) is 11.6. The summed E-state index contributed by atoms with van der Waals surface area (Å²) in [6.45, 7) is 2.71. The fraction of sp³-hybridized carbons (Fsp3) is 0.545. The van der Waals surface area contributed by atoms with Gasteiger partial charge in [-0.3, -0.25) is 14.8 Å². The van der Waals surface area contributed by atoms with Crippen molar-refractivity contribution in [3.8, 4) is 0 Å². The van der Waals surface area contributed by atoms with E-state index in [2.05, 4.69) is 9.97 Å². The monoisotopic (exact) mass is 207 g/mol. The third-order valence-corrected chi connectivity index (χ3v) is 2.21. The average molecular weight is 207 g/mol. The van der Waals surface area contributed by atoms with Crippen LogP contribution in [-0.4, -0.2) is 34.4 Å². The molecule has 0 saturated carbocycles. The minimum Gasteiger partial charge on any atom is -0.345 e. The van der Waals surface area contributed by atoms with Gasteiger partial charge in [0.15, 0.2) is 0 Å². The largest absolute Gasteiger partial charge is 0.345 e. The summed E-state index contributed by atoms with van der Waals surface area (Å²) < 4.78 is 0. The number of carbonyl (C=O) groups is 1. The Morgan fingerprint density at radius 2 is 2.27 bits per heavy atom. The number of hydrogen-bond acceptors (Lipinski definition) is 3. The highest BCUT2D eigenvalue weighted by Gasteiger charge is 2.06. The summed E-state index contributed by atoms with van der Waals surface area (Å²) in [5.41, 5.74) is 0.925. The molecule has 1 heterocycles. The highest BCUT2D eigenvalue weighted by atomic mass is 16.2. The Bertz CT molecular complexity index is 300. The molecule has 0 atom stereocenters. The maximum Gasteiger partial charge on any atom is 0.222 e. The number of rotatable bonds is 5. The van der Waals surface area contributed by atoms with Crippen LogP contribution in [0.15, 0.2) is 18.6 Å². The molecule has 0 radical (unpaired) electrons. The van der Waals surface area contributed by atoms with Crippen LogP contribution in [0.25, 0.3) is 0 Å². The maximum absolute atomic E-state index is 11.5. The molecule has 0 bridgehead atoms. The van der Waals surface area contributed by atoms with Crippen molar-refractivity contribution in [1.29, 1.82) is 0 Å². The molecule has 4 heteroatoms. The van der Waals surface area contributed by atoms with E-state index in [1.54, 1.807) is 23.5 Å². The van der Waals surface area contributed by atoms with Gasteiger partial charge in [-0.2, -0.15) is 0 Å². The smallest absolute Gasteiger partial charge is 0.222 e. The quantitative estimate of drug-likeness (QED) is 0.730. The van der Waals surface area contributed by atoms with Gasteiger partial charge in [0.2, 0.25) is 5.91 Å². The first-order valence-corrected chi connectivity index (χ1v) is 5.23. The second-order valence-electron chi connectivity index (χ2n) is 3.51. The first-order valence-electron chi connectivity index (χ1n) is 5.23. The Balaban J connectivity index is 2.34. The Labute approximate surface area is 90.3 Å². The van der Waals surface area contributed by atoms with Gasteiger partial charge >= 0.3 is 0 Å². The Kier molecular flexibility index (Phi) is 4.74. The molecule has 0 saturated heterocycles. The van der Waals surface area contributed by atoms with Crippen LogP contribution in [0.2, 0.25) is 0 Å². The number of likely N-dealkylation sites (N-methyl/N-ethyl adjacent to an activating group) is 1. The van der Waals surface area contributed by atoms with E-state index in [4.69, 9.17) is 0 Å². The van der Waals surface area contributed by atoms with E-state index < -0.39 is 0 Å². The van der Waals surface area contributed by atoms with E-state index in [-0.39, 0.29) is 5.91 Å². The van der Waals surface area contributed by atoms with Gasteiger partial charge in [-0.1, -0.05) is 6.92 Å². The Morgan fingerprint density at radius 3 is 2.87 bits per heavy atom. The fourth-order valence-electron chi connectivity index (χ4n) is 1.27. The van der Waals surface area contributed by atoms with Gasteiger partial charge in [0.05, 0.1) is 5.69 Å². The van der Waals surface area contributed by atoms with Crippen LogP contribution in [0.5, 0.6) is 0 Å². The van der Waals surface area contributed by atoms with E-state index >= 15 is 0 Å². The summed E-state index contributed by atoms with van der Waals surface area (Å²) >= 11 is 0. The van der Waals surface area contributed by atoms with Gasteiger partial charge in [-0.25, -0.2) is 0 Å². The molecule has 0 aromatic carbocycles. The molecule has 0 aliphatic heterocycles. The van der Waals surface area contributed by atoms with Crippen LogP contribution in [0.4, 0.5) is 0 Å². The number of amides is 1. The Morgan fingerprint density at radius 1 is 1.47 bits per heavy atom. The van der Waals surface area contributed by atoms with Crippen LogP contribution in [0.3, 0.4) is 0 Å². The summed E-state index contributed by atoms with van der Waals surface area (Å²) in [6.07, 6.45) is 7.34. The zero-order chi connectivity index (χ0) is 11.1. The Hall–Kier alpha value is -1.45. The lowest BCUT2D eigenvalue weighted by Crippen LogP contribution is -2.28. The SMILES string of the molecule is CCCC(=O)N(C)CCc1cnccn1. The van der Waals surface area contributed by atoms with Crippen molar-refractivity contribution in [2.45, 2.75) is 26.2 Å². The number of hydrogen-bond donors (Lipinski definition) is 0. The molecule has 0 spiro atoms. The molecule has 0 aliphatic carbocycles. The standard InChI is InChI=1S/C11H17N3O/c1-3-4-11(15)14(2)8-5-10-9-12-6-7-13-10/h6-7,9H,3-5,8H2,1-2H3. The lowest BCUT2D eigenvalue weighted by Gasteiger charge is -2.16. The van der Waals surface area contributed by atoms with Crippen LogP contribution in [0, 0.1) is 0 Å². The molecule has 1 aromatic heterocycles. The molecule has 82 valence electrons. The van der Waals surface area contributed by atoms with E-state index in [1.807, 2.05) is 14.0 Å². The number of nitrogens with zero attached hydrogens (tertiary/aromatic N) is 3. The molecule has 1 aromatic rings. The molecule has 1 amide bonds. The summed E-state index contributed by atoms with van der Waals surface area (Å²) in [7, 11) is 1.83. The zero-order valence-electron chi connectivity index (χ0n) is 9.31. The highest BCUT2D eigenvalue weighted by molar-refractivity contribution is 5.75. The predicted octanol–water partition coefficient (Wildman–Crippen LogP) is 1.28. The van der Waals surface area contributed by atoms with Gasteiger partial charge < -0.3 is 4.90 Å². The predicted molar refractivity (Wildman–Crippen MR) is 58.3 cm³/mol. The molecule has 0 fully saturated rings. The average Bonchev–Trinajstić information content (AvgIpc) is 2.27. The van der Waals surface area contributed by atoms with Crippen LogP contribution in [-0.2, 0) is 11.2 Å². The highest BCUT2D eigenvalue weighted by Crippen LogP contribution is 1.98. The van der Waals surface area contributed by atoms with Gasteiger partial charge in [0, 0.05) is 45.0 Å². The topological polar surface area (TPSA) is 46.1 Å². The van der Waals surface area contributed by atoms with Crippen LogP contribution in [0.1, 0.15) is 25.5 Å². The third kappa shape index (κ3) is 4.06. The van der Waals surface area contributed by atoms with Gasteiger partial charge in [0.25, 0.3) is 0 Å². The lowest BCUT2D eigenvalue weighted by atomic mass is 10.2. The molecule has 4 nitrogen and oxygen atoms in total. The van der Waals surface area contributed by atoms with E-state index in [0.29, 0.717) is 13.0 Å². The minimum absolute atomic E-state index is 0.196. The summed E-state index contributed by atoms with van der Waals surface area (Å²) in [6, 6.07) is 0. The molecule has 15 heavy (non-hydrogen) atoms. The van der Waals surface area contributed by atoms with E-state index in [1.165, 1.54) is 0 Å². The normalized spacial score (nSPS) is 10.0. The van der Waals surface area contributed by atoms with Gasteiger partial charge in [0.1, 0.15) is 0 Å². The second-order valence-corrected chi connectivity index (χ2v) is 3.51. The van der Waals surface area contributed by atoms with Crippen molar-refractivity contribution >= 4 is 5.91 Å². The maximum atomic E-state index is 11.5. The van der Waals surface area contributed by atoms with Crippen molar-refractivity contribution in [1.82, 2.24) is 14.9 Å². The van der Waals surface area contributed by atoms with Crippen molar-refractivity contribution < 1.29 is 4.79 Å². The lowest BCUT2D eigenvalue weighted by molar-refractivity contribution is -0.129. The van der Waals surface area contributed by atoms with Crippen LogP contribution < -0.4 is 0 Å². The van der Waals surface area contributed by atoms with Crippen molar-refractivity contribution in [3.05, 3.63) is 24.3 Å². The van der Waals surface area contributed by atoms with Gasteiger partial charge in [-0.05, 0) is 6.42 Å². The molecule has 0 aliphatic rings. The summed E-state index contributed by atoms with van der Waals surface area (Å²) in [5, 5.41) is 0. The summed E-state index contributed by atoms with van der Waals surface area (Å²) in [4.78, 5) is 21.3. The summed E-state index contributed by atoms with van der Waals surface area (Å²) in [5.74, 6) is 0.196. The minimum atomic E-state index is 0.196. The third-order valence-electron chi connectivity index (χ3n) is 2.21. The number of carbonyl (C=O) groups excluding carboxylic acids is 1. The van der Waals surface area contributed by atoms with Crippen molar-refractivity contribution in [3.63, 3.8) is 0 Å². The van der Waals surface area contributed by atoms with Crippen molar-refractivity contribution in [2.24, 2.45) is 0 Å². The van der Waals surface area contributed by atoms with Crippen LogP contribution >= 0.6 is 0 Å². The first-order chi connectivity index (χ1) is 7.24. The van der Waals surface area contributed by atoms with Crippen molar-refractivity contribution in [2.75, 3.05) is 13.6 Å². The zero-order valence-corrected chi connectivity index (χ0v) is 9.31. The van der Waals surface area contributed by atoms with E-state index in [9.17, 15) is 4.79 Å². The molecular weight excluding hydrogens is 190 g/mol. The molecule has 0 N–H and O–H groups in total. The van der Waals surface area contributed by atoms with Gasteiger partial charge in [-0.15, -0.1) is 0 Å². The fourth-order valence-corrected chi connectivity index (χ4v) is 1.27. The number of aromatic nitrogens is 2. The van der Waals surface area contributed by atoms with E-state index in [0.717, 1.165) is 18.5 Å².